The van der Waals surface area contributed by atoms with Crippen LogP contribution in [-0.4, -0.2) is 22.0 Å². The van der Waals surface area contributed by atoms with Crippen molar-refractivity contribution in [2.45, 2.75) is 12.5 Å². The minimum absolute atomic E-state index is 0.291. The standard InChI is InChI=1S/C18H15FN2O3/c19-12-6-4-11(5-7-12)16(10-17(22)23)21-18(24)14-2-1-3-15-13(14)8-9-20-15/h1-9,16,20H,10H2,(H,21,24)(H,22,23)/t16-/m0/s1. The second kappa shape index (κ2) is 6.54. The highest BCUT2D eigenvalue weighted by molar-refractivity contribution is 6.06. The maximum Gasteiger partial charge on any atom is 0.305 e. The van der Waals surface area contributed by atoms with Crippen LogP contribution in [0.1, 0.15) is 28.4 Å². The van der Waals surface area contributed by atoms with Gasteiger partial charge in [-0.15, -0.1) is 0 Å². The lowest BCUT2D eigenvalue weighted by Crippen LogP contribution is -2.30. The molecule has 3 N–H and O–H groups in total. The van der Waals surface area contributed by atoms with E-state index >= 15 is 0 Å². The number of aliphatic carboxylic acids is 1. The number of rotatable bonds is 5. The molecular formula is C18H15FN2O3. The molecule has 24 heavy (non-hydrogen) atoms. The second-order valence-electron chi connectivity index (χ2n) is 5.42. The van der Waals surface area contributed by atoms with E-state index in [0.29, 0.717) is 11.1 Å². The summed E-state index contributed by atoms with van der Waals surface area (Å²) in [4.78, 5) is 26.7. The molecule has 0 radical (unpaired) electrons. The van der Waals surface area contributed by atoms with Gasteiger partial charge in [0, 0.05) is 22.7 Å². The zero-order valence-corrected chi connectivity index (χ0v) is 12.6. The number of hydrogen-bond donors (Lipinski definition) is 3. The summed E-state index contributed by atoms with van der Waals surface area (Å²) < 4.78 is 13.1. The third kappa shape index (κ3) is 3.27. The van der Waals surface area contributed by atoms with Gasteiger partial charge in [0.15, 0.2) is 0 Å². The number of halogens is 1. The van der Waals surface area contributed by atoms with Crippen LogP contribution in [0.2, 0.25) is 0 Å². The summed E-state index contributed by atoms with van der Waals surface area (Å²) in [5.74, 6) is -1.85. The fraction of sp³-hybridized carbons (Fsp3) is 0.111. The molecule has 1 atom stereocenters. The minimum atomic E-state index is -1.05. The Morgan fingerprint density at radius 3 is 2.58 bits per heavy atom. The number of carbonyl (C=O) groups excluding carboxylic acids is 1. The number of carbonyl (C=O) groups is 2. The molecule has 0 aliphatic rings. The summed E-state index contributed by atoms with van der Waals surface area (Å²) in [5, 5.41) is 12.6. The smallest absolute Gasteiger partial charge is 0.305 e. The SMILES string of the molecule is O=C(O)C[C@H](NC(=O)c1cccc2[nH]ccc12)c1ccc(F)cc1. The van der Waals surface area contributed by atoms with Crippen LogP contribution in [0.5, 0.6) is 0 Å². The monoisotopic (exact) mass is 326 g/mol. The largest absolute Gasteiger partial charge is 0.481 e. The van der Waals surface area contributed by atoms with Crippen molar-refractivity contribution in [1.82, 2.24) is 10.3 Å². The Balaban J connectivity index is 1.89. The van der Waals surface area contributed by atoms with Gasteiger partial charge >= 0.3 is 5.97 Å². The fourth-order valence-electron chi connectivity index (χ4n) is 2.64. The van der Waals surface area contributed by atoms with Crippen LogP contribution >= 0.6 is 0 Å². The molecule has 0 aliphatic heterocycles. The first-order chi connectivity index (χ1) is 11.5. The van der Waals surface area contributed by atoms with Crippen molar-refractivity contribution in [3.63, 3.8) is 0 Å². The van der Waals surface area contributed by atoms with Gasteiger partial charge in [-0.25, -0.2) is 4.39 Å². The van der Waals surface area contributed by atoms with Gasteiger partial charge in [0.2, 0.25) is 0 Å². The van der Waals surface area contributed by atoms with Gasteiger partial charge in [0.05, 0.1) is 12.5 Å². The molecule has 0 bridgehead atoms. The first-order valence-corrected chi connectivity index (χ1v) is 7.39. The quantitative estimate of drug-likeness (QED) is 0.673. The van der Waals surface area contributed by atoms with Crippen molar-refractivity contribution in [1.29, 1.82) is 0 Å². The molecule has 0 saturated heterocycles. The summed E-state index contributed by atoms with van der Waals surface area (Å²) in [5.41, 5.74) is 1.80. The van der Waals surface area contributed by atoms with Gasteiger partial charge in [0.1, 0.15) is 5.82 Å². The number of aromatic amines is 1. The summed E-state index contributed by atoms with van der Waals surface area (Å²) >= 11 is 0. The van der Waals surface area contributed by atoms with Gasteiger partial charge in [-0.3, -0.25) is 9.59 Å². The first-order valence-electron chi connectivity index (χ1n) is 7.39. The number of hydrogen-bond acceptors (Lipinski definition) is 2. The number of carboxylic acids is 1. The van der Waals surface area contributed by atoms with E-state index in [0.717, 1.165) is 10.9 Å². The molecule has 0 saturated carbocycles. The first kappa shape index (κ1) is 15.7. The lowest BCUT2D eigenvalue weighted by Gasteiger charge is -2.18. The topological polar surface area (TPSA) is 82.2 Å². The highest BCUT2D eigenvalue weighted by Crippen LogP contribution is 2.21. The number of H-pyrrole nitrogens is 1. The van der Waals surface area contributed by atoms with E-state index in [9.17, 15) is 14.0 Å². The molecular weight excluding hydrogens is 311 g/mol. The lowest BCUT2D eigenvalue weighted by molar-refractivity contribution is -0.137. The molecule has 1 heterocycles. The molecule has 0 fully saturated rings. The van der Waals surface area contributed by atoms with Gasteiger partial charge in [-0.1, -0.05) is 18.2 Å². The lowest BCUT2D eigenvalue weighted by atomic mass is 10.0. The maximum absolute atomic E-state index is 13.1. The molecule has 2 aromatic carbocycles. The third-order valence-electron chi connectivity index (χ3n) is 3.80. The van der Waals surface area contributed by atoms with Crippen molar-refractivity contribution in [2.24, 2.45) is 0 Å². The van der Waals surface area contributed by atoms with E-state index in [1.807, 2.05) is 6.07 Å². The number of fused-ring (bicyclic) bond motifs is 1. The van der Waals surface area contributed by atoms with Crippen molar-refractivity contribution in [3.8, 4) is 0 Å². The second-order valence-corrected chi connectivity index (χ2v) is 5.42. The van der Waals surface area contributed by atoms with Crippen LogP contribution in [0.4, 0.5) is 4.39 Å². The Labute approximate surface area is 137 Å². The van der Waals surface area contributed by atoms with Crippen molar-refractivity contribution < 1.29 is 19.1 Å². The van der Waals surface area contributed by atoms with E-state index in [1.54, 1.807) is 24.4 Å². The number of aromatic nitrogens is 1. The summed E-state index contributed by atoms with van der Waals surface area (Å²) in [6.07, 6.45) is 1.44. The van der Waals surface area contributed by atoms with Crippen molar-refractivity contribution in [2.75, 3.05) is 0 Å². The van der Waals surface area contributed by atoms with Crippen LogP contribution in [-0.2, 0) is 4.79 Å². The number of nitrogens with one attached hydrogen (secondary N) is 2. The summed E-state index contributed by atoms with van der Waals surface area (Å²) in [6, 6.07) is 11.7. The number of benzene rings is 2. The molecule has 5 nitrogen and oxygen atoms in total. The molecule has 1 amide bonds. The van der Waals surface area contributed by atoms with Crippen LogP contribution in [0.3, 0.4) is 0 Å². The Morgan fingerprint density at radius 2 is 1.88 bits per heavy atom. The van der Waals surface area contributed by atoms with Gasteiger partial charge in [-0.05, 0) is 35.9 Å². The molecule has 6 heteroatoms. The Morgan fingerprint density at radius 1 is 1.12 bits per heavy atom. The molecule has 3 rings (SSSR count). The van der Waals surface area contributed by atoms with Gasteiger partial charge in [-0.2, -0.15) is 0 Å². The Kier molecular flexibility index (Phi) is 4.29. The molecule has 0 unspecified atom stereocenters. The third-order valence-corrected chi connectivity index (χ3v) is 3.80. The van der Waals surface area contributed by atoms with Crippen LogP contribution in [0.15, 0.2) is 54.7 Å². The average molecular weight is 326 g/mol. The highest BCUT2D eigenvalue weighted by Gasteiger charge is 2.20. The molecule has 0 spiro atoms. The average Bonchev–Trinajstić information content (AvgIpc) is 3.03. The van der Waals surface area contributed by atoms with Crippen molar-refractivity contribution in [3.05, 3.63) is 71.7 Å². The zero-order chi connectivity index (χ0) is 17.1. The van der Waals surface area contributed by atoms with Crippen molar-refractivity contribution >= 4 is 22.8 Å². The van der Waals surface area contributed by atoms with E-state index in [2.05, 4.69) is 10.3 Å². The Hall–Kier alpha value is -3.15. The molecule has 0 aliphatic carbocycles. The van der Waals surface area contributed by atoms with Crippen LogP contribution in [0.25, 0.3) is 10.9 Å². The summed E-state index contributed by atoms with van der Waals surface area (Å²) in [6.45, 7) is 0. The zero-order valence-electron chi connectivity index (χ0n) is 12.6. The molecule has 122 valence electrons. The van der Waals surface area contributed by atoms with Crippen LogP contribution < -0.4 is 5.32 Å². The van der Waals surface area contributed by atoms with E-state index < -0.39 is 17.8 Å². The van der Waals surface area contributed by atoms with E-state index in [4.69, 9.17) is 5.11 Å². The van der Waals surface area contributed by atoms with E-state index in [-0.39, 0.29) is 12.3 Å². The molecule has 3 aromatic rings. The number of carboxylic acid groups (broad SMARTS) is 1. The maximum atomic E-state index is 13.1. The van der Waals surface area contributed by atoms with Gasteiger partial charge < -0.3 is 15.4 Å². The molecule has 1 aromatic heterocycles. The minimum Gasteiger partial charge on any atom is -0.481 e. The fourth-order valence-corrected chi connectivity index (χ4v) is 2.64. The normalized spacial score (nSPS) is 12.0. The van der Waals surface area contributed by atoms with Gasteiger partial charge in [0.25, 0.3) is 5.91 Å². The predicted octanol–water partition coefficient (Wildman–Crippen LogP) is 3.25. The Bertz CT molecular complexity index is 887. The summed E-state index contributed by atoms with van der Waals surface area (Å²) in [7, 11) is 0. The van der Waals surface area contributed by atoms with E-state index in [1.165, 1.54) is 24.3 Å². The predicted molar refractivity (Wildman–Crippen MR) is 87.2 cm³/mol. The highest BCUT2D eigenvalue weighted by atomic mass is 19.1. The van der Waals surface area contributed by atoms with Crippen LogP contribution in [0, 0.1) is 5.82 Å². The number of amides is 1.